The van der Waals surface area contributed by atoms with Crippen LogP contribution in [-0.4, -0.2) is 7.11 Å². The van der Waals surface area contributed by atoms with Crippen LogP contribution in [0, 0.1) is 0 Å². The van der Waals surface area contributed by atoms with E-state index in [0.717, 1.165) is 12.3 Å². The first kappa shape index (κ1) is 12.1. The molecule has 1 unspecified atom stereocenters. The Morgan fingerprint density at radius 1 is 1.29 bits per heavy atom. The zero-order valence-corrected chi connectivity index (χ0v) is 11.0. The monoisotopic (exact) mass is 247 g/mol. The molecule has 0 saturated carbocycles. The Bertz CT molecular complexity index is 453. The first-order valence-electron chi connectivity index (χ1n) is 5.68. The van der Waals surface area contributed by atoms with Gasteiger partial charge >= 0.3 is 0 Å². The van der Waals surface area contributed by atoms with Crippen molar-refractivity contribution in [2.45, 2.75) is 19.5 Å². The summed E-state index contributed by atoms with van der Waals surface area (Å²) in [7, 11) is 1.71. The summed E-state index contributed by atoms with van der Waals surface area (Å²) < 4.78 is 5.33. The van der Waals surface area contributed by atoms with E-state index in [4.69, 9.17) is 4.74 Å². The quantitative estimate of drug-likeness (QED) is 0.871. The second-order valence-electron chi connectivity index (χ2n) is 3.97. The van der Waals surface area contributed by atoms with E-state index in [2.05, 4.69) is 35.1 Å². The first-order valence-corrected chi connectivity index (χ1v) is 6.63. The van der Waals surface area contributed by atoms with E-state index in [1.165, 1.54) is 11.1 Å². The number of nitrogens with one attached hydrogen (secondary N) is 1. The predicted octanol–water partition coefficient (Wildman–Crippen LogP) is 3.61. The average molecular weight is 247 g/mol. The Labute approximate surface area is 106 Å². The topological polar surface area (TPSA) is 21.3 Å². The maximum Gasteiger partial charge on any atom is 0.123 e. The molecule has 2 nitrogen and oxygen atoms in total. The highest BCUT2D eigenvalue weighted by Gasteiger charge is 2.06. The highest BCUT2D eigenvalue weighted by molar-refractivity contribution is 7.07. The molecule has 90 valence electrons. The minimum absolute atomic E-state index is 0.367. The number of hydrogen-bond acceptors (Lipinski definition) is 3. The third kappa shape index (κ3) is 3.08. The Morgan fingerprint density at radius 3 is 2.82 bits per heavy atom. The number of methoxy groups -OCH3 is 1. The first-order chi connectivity index (χ1) is 8.31. The van der Waals surface area contributed by atoms with Crippen molar-refractivity contribution in [2.75, 3.05) is 7.11 Å². The predicted molar refractivity (Wildman–Crippen MR) is 72.6 cm³/mol. The molecule has 0 fully saturated rings. The number of thiophene rings is 1. The maximum absolute atomic E-state index is 5.33. The van der Waals surface area contributed by atoms with Crippen LogP contribution in [0.4, 0.5) is 0 Å². The van der Waals surface area contributed by atoms with Crippen molar-refractivity contribution in [1.82, 2.24) is 5.32 Å². The number of hydrogen-bond donors (Lipinski definition) is 1. The van der Waals surface area contributed by atoms with Crippen molar-refractivity contribution >= 4 is 11.3 Å². The van der Waals surface area contributed by atoms with Crippen LogP contribution in [-0.2, 0) is 6.54 Å². The zero-order valence-electron chi connectivity index (χ0n) is 10.1. The number of rotatable bonds is 5. The third-order valence-electron chi connectivity index (χ3n) is 2.83. The fourth-order valence-electron chi connectivity index (χ4n) is 1.75. The molecule has 0 amide bonds. The zero-order chi connectivity index (χ0) is 12.1. The molecule has 0 bridgehead atoms. The second-order valence-corrected chi connectivity index (χ2v) is 4.75. The van der Waals surface area contributed by atoms with Gasteiger partial charge in [-0.25, -0.2) is 0 Å². The van der Waals surface area contributed by atoms with E-state index >= 15 is 0 Å². The Kier molecular flexibility index (Phi) is 4.18. The molecule has 1 aromatic carbocycles. The Hall–Kier alpha value is -1.32. The van der Waals surface area contributed by atoms with Gasteiger partial charge in [0.1, 0.15) is 5.75 Å². The molecule has 0 aliphatic heterocycles. The average Bonchev–Trinajstić information content (AvgIpc) is 2.90. The minimum atomic E-state index is 0.367. The summed E-state index contributed by atoms with van der Waals surface area (Å²) in [4.78, 5) is 0. The largest absolute Gasteiger partial charge is 0.496 e. The summed E-state index contributed by atoms with van der Waals surface area (Å²) in [6.07, 6.45) is 0. The Balaban J connectivity index is 1.98. The van der Waals surface area contributed by atoms with E-state index in [-0.39, 0.29) is 0 Å². The summed E-state index contributed by atoms with van der Waals surface area (Å²) in [5, 5.41) is 7.79. The van der Waals surface area contributed by atoms with Gasteiger partial charge in [0.2, 0.25) is 0 Å². The molecule has 0 aliphatic rings. The smallest absolute Gasteiger partial charge is 0.123 e. The lowest BCUT2D eigenvalue weighted by Gasteiger charge is -2.14. The molecular weight excluding hydrogens is 230 g/mol. The molecule has 1 atom stereocenters. The number of para-hydroxylation sites is 1. The van der Waals surface area contributed by atoms with Crippen molar-refractivity contribution < 1.29 is 4.74 Å². The van der Waals surface area contributed by atoms with Crippen molar-refractivity contribution in [2.24, 2.45) is 0 Å². The van der Waals surface area contributed by atoms with Gasteiger partial charge in [-0.3, -0.25) is 0 Å². The van der Waals surface area contributed by atoms with E-state index < -0.39 is 0 Å². The molecule has 0 radical (unpaired) electrons. The summed E-state index contributed by atoms with van der Waals surface area (Å²) in [6, 6.07) is 10.6. The lowest BCUT2D eigenvalue weighted by molar-refractivity contribution is 0.406. The summed E-state index contributed by atoms with van der Waals surface area (Å²) in [5.41, 5.74) is 2.53. The van der Waals surface area contributed by atoms with E-state index in [9.17, 15) is 0 Å². The van der Waals surface area contributed by atoms with Crippen LogP contribution in [0.2, 0.25) is 0 Å². The van der Waals surface area contributed by atoms with Crippen LogP contribution in [0.25, 0.3) is 0 Å². The van der Waals surface area contributed by atoms with Crippen LogP contribution in [0.15, 0.2) is 41.1 Å². The van der Waals surface area contributed by atoms with Crippen LogP contribution in [0.5, 0.6) is 5.75 Å². The lowest BCUT2D eigenvalue weighted by atomic mass is 10.1. The van der Waals surface area contributed by atoms with Crippen molar-refractivity contribution in [3.8, 4) is 5.75 Å². The van der Waals surface area contributed by atoms with Gasteiger partial charge in [-0.15, -0.1) is 0 Å². The highest BCUT2D eigenvalue weighted by atomic mass is 32.1. The van der Waals surface area contributed by atoms with E-state index in [1.54, 1.807) is 18.4 Å². The normalized spacial score (nSPS) is 12.4. The van der Waals surface area contributed by atoms with E-state index in [1.807, 2.05) is 18.2 Å². The molecule has 1 aromatic heterocycles. The van der Waals surface area contributed by atoms with Crippen molar-refractivity contribution in [1.29, 1.82) is 0 Å². The number of benzene rings is 1. The van der Waals surface area contributed by atoms with E-state index in [0.29, 0.717) is 6.04 Å². The fourth-order valence-corrected chi connectivity index (χ4v) is 2.51. The molecule has 1 heterocycles. The molecule has 2 aromatic rings. The van der Waals surface area contributed by atoms with Crippen LogP contribution < -0.4 is 10.1 Å². The van der Waals surface area contributed by atoms with Gasteiger partial charge < -0.3 is 10.1 Å². The lowest BCUT2D eigenvalue weighted by Crippen LogP contribution is -2.17. The fraction of sp³-hybridized carbons (Fsp3) is 0.286. The summed E-state index contributed by atoms with van der Waals surface area (Å²) in [5.74, 6) is 0.942. The molecule has 0 saturated heterocycles. The van der Waals surface area contributed by atoms with Gasteiger partial charge in [0, 0.05) is 18.2 Å². The Morgan fingerprint density at radius 2 is 2.12 bits per heavy atom. The third-order valence-corrected chi connectivity index (χ3v) is 3.54. The molecule has 17 heavy (non-hydrogen) atoms. The number of ether oxygens (including phenoxy) is 1. The van der Waals surface area contributed by atoms with Crippen LogP contribution in [0.1, 0.15) is 24.1 Å². The molecule has 3 heteroatoms. The highest BCUT2D eigenvalue weighted by Crippen LogP contribution is 2.20. The van der Waals surface area contributed by atoms with Gasteiger partial charge in [0.25, 0.3) is 0 Å². The summed E-state index contributed by atoms with van der Waals surface area (Å²) >= 11 is 1.73. The van der Waals surface area contributed by atoms with Crippen LogP contribution >= 0.6 is 11.3 Å². The molecular formula is C14H17NOS. The molecule has 1 N–H and O–H groups in total. The minimum Gasteiger partial charge on any atom is -0.496 e. The van der Waals surface area contributed by atoms with Crippen LogP contribution in [0.3, 0.4) is 0 Å². The van der Waals surface area contributed by atoms with Gasteiger partial charge in [-0.2, -0.15) is 11.3 Å². The standard InChI is InChI=1S/C14H17NOS/c1-11(13-7-8-17-10-13)15-9-12-5-3-4-6-14(12)16-2/h3-8,10-11,15H,9H2,1-2H3. The molecule has 0 spiro atoms. The molecule has 0 aliphatic carbocycles. The van der Waals surface area contributed by atoms with Gasteiger partial charge in [-0.1, -0.05) is 18.2 Å². The van der Waals surface area contributed by atoms with Gasteiger partial charge in [0.05, 0.1) is 7.11 Å². The van der Waals surface area contributed by atoms with Crippen molar-refractivity contribution in [3.63, 3.8) is 0 Å². The molecule has 2 rings (SSSR count). The SMILES string of the molecule is COc1ccccc1CNC(C)c1ccsc1. The maximum atomic E-state index is 5.33. The van der Waals surface area contributed by atoms with Gasteiger partial charge in [0.15, 0.2) is 0 Å². The second kappa shape index (κ2) is 5.84. The summed E-state index contributed by atoms with van der Waals surface area (Å²) in [6.45, 7) is 3.00. The van der Waals surface area contributed by atoms with Crippen molar-refractivity contribution in [3.05, 3.63) is 52.2 Å². The van der Waals surface area contributed by atoms with Gasteiger partial charge in [-0.05, 0) is 35.4 Å².